The van der Waals surface area contributed by atoms with Crippen LogP contribution < -0.4 is 0 Å². The number of fused-ring (bicyclic) bond motifs is 1. The van der Waals surface area contributed by atoms with Crippen molar-refractivity contribution in [2.24, 2.45) is 0 Å². The lowest BCUT2D eigenvalue weighted by Crippen LogP contribution is -1.99. The molecular weight excluding hydrogens is 323 g/mol. The van der Waals surface area contributed by atoms with Crippen molar-refractivity contribution in [2.45, 2.75) is 13.0 Å². The Labute approximate surface area is 124 Å². The molecule has 0 saturated heterocycles. The molecule has 2 nitrogen and oxygen atoms in total. The maximum absolute atomic E-state index is 13.3. The summed E-state index contributed by atoms with van der Waals surface area (Å²) < 4.78 is 19.7. The smallest absolute Gasteiger partial charge is 0.138 e. The summed E-state index contributed by atoms with van der Waals surface area (Å²) in [6.07, 6.45) is -1.01. The van der Waals surface area contributed by atoms with Gasteiger partial charge in [-0.3, -0.25) is 0 Å². The Hall–Kier alpha value is -1.65. The van der Waals surface area contributed by atoms with Gasteiger partial charge in [0.2, 0.25) is 0 Å². The molecule has 0 radical (unpaired) electrons. The predicted octanol–water partition coefficient (Wildman–Crippen LogP) is 4.72. The number of benzene rings is 2. The van der Waals surface area contributed by atoms with Crippen molar-refractivity contribution in [1.29, 1.82) is 0 Å². The Bertz CT molecular complexity index is 779. The van der Waals surface area contributed by atoms with Gasteiger partial charge in [-0.1, -0.05) is 34.1 Å². The van der Waals surface area contributed by atoms with Crippen LogP contribution in [0.3, 0.4) is 0 Å². The van der Waals surface area contributed by atoms with E-state index in [0.717, 1.165) is 16.5 Å². The maximum atomic E-state index is 13.3. The van der Waals surface area contributed by atoms with Gasteiger partial charge in [0, 0.05) is 15.4 Å². The normalized spacial score (nSPS) is 12.8. The third-order valence-electron chi connectivity index (χ3n) is 3.28. The summed E-state index contributed by atoms with van der Waals surface area (Å²) in [6.45, 7) is 1.94. The zero-order valence-corrected chi connectivity index (χ0v) is 12.3. The number of para-hydroxylation sites is 1. The lowest BCUT2D eigenvalue weighted by molar-refractivity contribution is 0.191. The Morgan fingerprint density at radius 3 is 2.75 bits per heavy atom. The molecule has 1 atom stereocenters. The monoisotopic (exact) mass is 334 g/mol. The van der Waals surface area contributed by atoms with Gasteiger partial charge < -0.3 is 9.52 Å². The third kappa shape index (κ3) is 2.25. The lowest BCUT2D eigenvalue weighted by atomic mass is 10.1. The van der Waals surface area contributed by atoms with Crippen LogP contribution in [-0.2, 0) is 0 Å². The number of rotatable bonds is 2. The molecule has 1 heterocycles. The molecule has 0 amide bonds. The number of aliphatic hydroxyl groups is 1. The van der Waals surface area contributed by atoms with Gasteiger partial charge in [-0.05, 0) is 36.8 Å². The molecular formula is C16H12BrFO2. The van der Waals surface area contributed by atoms with E-state index in [4.69, 9.17) is 4.42 Å². The van der Waals surface area contributed by atoms with Gasteiger partial charge in [0.1, 0.15) is 23.3 Å². The van der Waals surface area contributed by atoms with Gasteiger partial charge in [0.05, 0.1) is 0 Å². The average Bonchev–Trinajstić information content (AvgIpc) is 2.86. The predicted molar refractivity (Wildman–Crippen MR) is 79.1 cm³/mol. The highest BCUT2D eigenvalue weighted by Crippen LogP contribution is 2.33. The van der Waals surface area contributed by atoms with E-state index in [1.165, 1.54) is 12.1 Å². The minimum absolute atomic E-state index is 0.394. The zero-order valence-electron chi connectivity index (χ0n) is 10.7. The summed E-state index contributed by atoms with van der Waals surface area (Å²) in [5.74, 6) is 0.00939. The molecule has 0 bridgehead atoms. The highest BCUT2D eigenvalue weighted by molar-refractivity contribution is 9.10. The third-order valence-corrected chi connectivity index (χ3v) is 4.00. The first-order valence-electron chi connectivity index (χ1n) is 6.18. The largest absolute Gasteiger partial charge is 0.458 e. The van der Waals surface area contributed by atoms with E-state index in [2.05, 4.69) is 15.9 Å². The molecule has 1 unspecified atom stereocenters. The van der Waals surface area contributed by atoms with Gasteiger partial charge in [-0.15, -0.1) is 0 Å². The van der Waals surface area contributed by atoms with Crippen LogP contribution in [0.15, 0.2) is 51.4 Å². The highest BCUT2D eigenvalue weighted by Gasteiger charge is 2.19. The Balaban J connectivity index is 2.10. The molecule has 3 aromatic rings. The zero-order chi connectivity index (χ0) is 14.3. The van der Waals surface area contributed by atoms with Crippen LogP contribution in [0.2, 0.25) is 0 Å². The van der Waals surface area contributed by atoms with Gasteiger partial charge in [0.25, 0.3) is 0 Å². The summed E-state index contributed by atoms with van der Waals surface area (Å²) in [6, 6.07) is 11.8. The molecule has 0 aliphatic heterocycles. The molecule has 0 spiro atoms. The Morgan fingerprint density at radius 1 is 1.20 bits per heavy atom. The summed E-state index contributed by atoms with van der Waals surface area (Å²) in [5, 5.41) is 11.3. The molecule has 1 aromatic heterocycles. The van der Waals surface area contributed by atoms with Crippen molar-refractivity contribution in [3.8, 4) is 0 Å². The number of aliphatic hydroxyl groups excluding tert-OH is 1. The second-order valence-corrected chi connectivity index (χ2v) is 5.56. The fourth-order valence-corrected chi connectivity index (χ4v) is 2.70. The number of halogens is 2. The molecule has 3 rings (SSSR count). The van der Waals surface area contributed by atoms with Gasteiger partial charge in [-0.2, -0.15) is 0 Å². The van der Waals surface area contributed by atoms with Crippen molar-refractivity contribution in [3.05, 3.63) is 69.6 Å². The van der Waals surface area contributed by atoms with E-state index in [9.17, 15) is 9.50 Å². The van der Waals surface area contributed by atoms with E-state index in [1.807, 2.05) is 25.1 Å². The number of hydrogen-bond acceptors (Lipinski definition) is 2. The van der Waals surface area contributed by atoms with Crippen molar-refractivity contribution in [3.63, 3.8) is 0 Å². The average molecular weight is 335 g/mol. The van der Waals surface area contributed by atoms with Crippen LogP contribution in [0.1, 0.15) is 23.0 Å². The fraction of sp³-hybridized carbons (Fsp3) is 0.125. The molecule has 0 aliphatic carbocycles. The molecule has 20 heavy (non-hydrogen) atoms. The lowest BCUT2D eigenvalue weighted by Gasteiger charge is -2.10. The fourth-order valence-electron chi connectivity index (χ4n) is 2.24. The summed E-state index contributed by atoms with van der Waals surface area (Å²) in [7, 11) is 0. The number of furan rings is 1. The second kappa shape index (κ2) is 5.04. The number of hydrogen-bond donors (Lipinski definition) is 1. The molecule has 0 aliphatic rings. The summed E-state index contributed by atoms with van der Waals surface area (Å²) >= 11 is 3.32. The molecule has 4 heteroatoms. The van der Waals surface area contributed by atoms with Crippen LogP contribution in [0, 0.1) is 12.7 Å². The minimum Gasteiger partial charge on any atom is -0.458 e. The molecule has 0 fully saturated rings. The maximum Gasteiger partial charge on any atom is 0.138 e. The van der Waals surface area contributed by atoms with Crippen molar-refractivity contribution in [2.75, 3.05) is 0 Å². The molecule has 0 saturated carbocycles. The van der Waals surface area contributed by atoms with Crippen molar-refractivity contribution < 1.29 is 13.9 Å². The van der Waals surface area contributed by atoms with Gasteiger partial charge >= 0.3 is 0 Å². The first-order valence-corrected chi connectivity index (χ1v) is 6.97. The van der Waals surface area contributed by atoms with E-state index in [0.29, 0.717) is 15.8 Å². The van der Waals surface area contributed by atoms with Crippen LogP contribution in [0.5, 0.6) is 0 Å². The molecule has 2 aromatic carbocycles. The van der Waals surface area contributed by atoms with E-state index < -0.39 is 11.9 Å². The quantitative estimate of drug-likeness (QED) is 0.735. The minimum atomic E-state index is -1.01. The van der Waals surface area contributed by atoms with E-state index in [-0.39, 0.29) is 0 Å². The Kier molecular flexibility index (Phi) is 3.36. The van der Waals surface area contributed by atoms with Crippen molar-refractivity contribution >= 4 is 26.9 Å². The summed E-state index contributed by atoms with van der Waals surface area (Å²) in [4.78, 5) is 0. The van der Waals surface area contributed by atoms with Crippen molar-refractivity contribution in [1.82, 2.24) is 0 Å². The Morgan fingerprint density at radius 2 is 2.00 bits per heavy atom. The molecule has 1 N–H and O–H groups in total. The van der Waals surface area contributed by atoms with Crippen LogP contribution in [0.4, 0.5) is 4.39 Å². The van der Waals surface area contributed by atoms with E-state index in [1.54, 1.807) is 12.1 Å². The highest BCUT2D eigenvalue weighted by atomic mass is 79.9. The topological polar surface area (TPSA) is 33.4 Å². The van der Waals surface area contributed by atoms with Crippen LogP contribution in [0.25, 0.3) is 11.0 Å². The second-order valence-electron chi connectivity index (χ2n) is 4.71. The standard InChI is InChI=1S/C16H12BrFO2/c1-9-3-2-4-10-7-14(20-16(9)10)15(19)12-8-11(18)5-6-13(12)17/h2-8,15,19H,1H3. The first-order chi connectivity index (χ1) is 9.56. The van der Waals surface area contributed by atoms with Crippen LogP contribution >= 0.6 is 15.9 Å². The summed E-state index contributed by atoms with van der Waals surface area (Å²) in [5.41, 5.74) is 2.19. The molecule has 102 valence electrons. The van der Waals surface area contributed by atoms with Crippen LogP contribution in [-0.4, -0.2) is 5.11 Å². The van der Waals surface area contributed by atoms with E-state index >= 15 is 0 Å². The first kappa shape index (κ1) is 13.3. The van der Waals surface area contributed by atoms with Gasteiger partial charge in [-0.25, -0.2) is 4.39 Å². The number of aryl methyl sites for hydroxylation is 1. The SMILES string of the molecule is Cc1cccc2cc(C(O)c3cc(F)ccc3Br)oc12. The van der Waals surface area contributed by atoms with Gasteiger partial charge in [0.15, 0.2) is 0 Å².